The van der Waals surface area contributed by atoms with Gasteiger partial charge in [-0.2, -0.15) is 0 Å². The highest BCUT2D eigenvalue weighted by Gasteiger charge is 2.16. The Morgan fingerprint density at radius 1 is 1.61 bits per heavy atom. The first kappa shape index (κ1) is 14.4. The van der Waals surface area contributed by atoms with E-state index in [1.165, 1.54) is 18.2 Å². The summed E-state index contributed by atoms with van der Waals surface area (Å²) in [7, 11) is 0. The Balaban J connectivity index is 2.82. The van der Waals surface area contributed by atoms with Gasteiger partial charge in [-0.3, -0.25) is 14.9 Å². The fraction of sp³-hybridized carbons (Fsp3) is 0.364. The van der Waals surface area contributed by atoms with Crippen molar-refractivity contribution in [2.45, 2.75) is 25.8 Å². The first-order valence-corrected chi connectivity index (χ1v) is 5.84. The molecule has 0 aromatic heterocycles. The third-order valence-electron chi connectivity index (χ3n) is 2.35. The van der Waals surface area contributed by atoms with Crippen molar-refractivity contribution in [3.63, 3.8) is 0 Å². The summed E-state index contributed by atoms with van der Waals surface area (Å²) in [6.45, 7) is 1.92. The quantitative estimate of drug-likeness (QED) is 0.634. The molecule has 0 saturated carbocycles. The lowest BCUT2D eigenvalue weighted by Gasteiger charge is -2.11. The summed E-state index contributed by atoms with van der Waals surface area (Å²) in [5, 5.41) is 13.2. The lowest BCUT2D eigenvalue weighted by molar-refractivity contribution is -0.384. The normalized spacial score (nSPS) is 11.9. The number of nitrogens with two attached hydrogens (primary N) is 1. The van der Waals surface area contributed by atoms with Gasteiger partial charge in [-0.15, -0.1) is 0 Å². The first-order chi connectivity index (χ1) is 8.45. The summed E-state index contributed by atoms with van der Waals surface area (Å²) in [5.41, 5.74) is 5.69. The molecule has 18 heavy (non-hydrogen) atoms. The number of halogens is 1. The molecule has 3 N–H and O–H groups in total. The molecule has 1 rings (SSSR count). The Morgan fingerprint density at radius 2 is 2.28 bits per heavy atom. The molecule has 1 aromatic carbocycles. The summed E-state index contributed by atoms with van der Waals surface area (Å²) >= 11 is 5.66. The molecule has 1 atom stereocenters. The SMILES string of the molecule is CCCC(N)C(=O)Nc1ccc(Cl)c([N+](=O)[O-])c1. The molecule has 1 amide bonds. The van der Waals surface area contributed by atoms with Crippen LogP contribution in [-0.4, -0.2) is 16.9 Å². The second kappa shape index (κ2) is 6.32. The maximum atomic E-state index is 11.6. The van der Waals surface area contributed by atoms with Crippen LogP contribution in [0.5, 0.6) is 0 Å². The van der Waals surface area contributed by atoms with Crippen LogP contribution in [0.1, 0.15) is 19.8 Å². The number of carbonyl (C=O) groups is 1. The molecule has 98 valence electrons. The second-order valence-corrected chi connectivity index (χ2v) is 4.21. The van der Waals surface area contributed by atoms with Crippen molar-refractivity contribution in [2.75, 3.05) is 5.32 Å². The van der Waals surface area contributed by atoms with Gasteiger partial charge in [0.15, 0.2) is 0 Å². The number of benzene rings is 1. The molecule has 0 aliphatic rings. The molecule has 0 heterocycles. The number of nitro groups is 1. The van der Waals surface area contributed by atoms with Gasteiger partial charge >= 0.3 is 0 Å². The summed E-state index contributed by atoms with van der Waals surface area (Å²) < 4.78 is 0. The van der Waals surface area contributed by atoms with Gasteiger partial charge in [-0.25, -0.2) is 0 Å². The lowest BCUT2D eigenvalue weighted by Crippen LogP contribution is -2.35. The Kier molecular flexibility index (Phi) is 5.06. The molecule has 0 bridgehead atoms. The van der Waals surface area contributed by atoms with Gasteiger partial charge in [0.2, 0.25) is 5.91 Å². The summed E-state index contributed by atoms with van der Waals surface area (Å²) in [4.78, 5) is 21.7. The minimum absolute atomic E-state index is 0.0239. The van der Waals surface area contributed by atoms with Crippen molar-refractivity contribution in [1.29, 1.82) is 0 Å². The lowest BCUT2D eigenvalue weighted by atomic mass is 10.1. The van der Waals surface area contributed by atoms with Crippen molar-refractivity contribution in [2.24, 2.45) is 5.73 Å². The van der Waals surface area contributed by atoms with E-state index in [4.69, 9.17) is 17.3 Å². The number of carbonyl (C=O) groups excluding carboxylic acids is 1. The van der Waals surface area contributed by atoms with Crippen molar-refractivity contribution >= 4 is 28.9 Å². The zero-order valence-corrected chi connectivity index (χ0v) is 10.6. The molecule has 0 aliphatic heterocycles. The van der Waals surface area contributed by atoms with E-state index in [0.29, 0.717) is 12.1 Å². The highest BCUT2D eigenvalue weighted by atomic mass is 35.5. The van der Waals surface area contributed by atoms with Crippen LogP contribution >= 0.6 is 11.6 Å². The Hall–Kier alpha value is -1.66. The van der Waals surface area contributed by atoms with E-state index in [-0.39, 0.29) is 16.6 Å². The standard InChI is InChI=1S/C11H14ClN3O3/c1-2-3-9(13)11(16)14-7-4-5-8(12)10(6-7)15(17)18/h4-6,9H,2-3,13H2,1H3,(H,14,16). The predicted octanol–water partition coefficient (Wildman–Crippen LogP) is 2.31. The van der Waals surface area contributed by atoms with Crippen LogP contribution in [0.4, 0.5) is 11.4 Å². The number of nitrogens with zero attached hydrogens (tertiary/aromatic N) is 1. The minimum Gasteiger partial charge on any atom is -0.324 e. The number of hydrogen-bond donors (Lipinski definition) is 2. The average Bonchev–Trinajstić information content (AvgIpc) is 2.31. The molecule has 0 radical (unpaired) electrons. The molecule has 1 unspecified atom stereocenters. The first-order valence-electron chi connectivity index (χ1n) is 5.46. The summed E-state index contributed by atoms with van der Waals surface area (Å²) in [6.07, 6.45) is 1.34. The molecule has 7 heteroatoms. The fourth-order valence-corrected chi connectivity index (χ4v) is 1.59. The van der Waals surface area contributed by atoms with Crippen LogP contribution in [-0.2, 0) is 4.79 Å². The largest absolute Gasteiger partial charge is 0.324 e. The molecule has 6 nitrogen and oxygen atoms in total. The third-order valence-corrected chi connectivity index (χ3v) is 2.67. The number of hydrogen-bond acceptors (Lipinski definition) is 4. The van der Waals surface area contributed by atoms with Crippen LogP contribution in [0.25, 0.3) is 0 Å². The summed E-state index contributed by atoms with van der Waals surface area (Å²) in [5.74, 6) is -0.367. The smallest absolute Gasteiger partial charge is 0.289 e. The average molecular weight is 272 g/mol. The van der Waals surface area contributed by atoms with Crippen molar-refractivity contribution in [1.82, 2.24) is 0 Å². The van der Waals surface area contributed by atoms with Gasteiger partial charge in [0.05, 0.1) is 11.0 Å². The second-order valence-electron chi connectivity index (χ2n) is 3.81. The minimum atomic E-state index is -0.621. The van der Waals surface area contributed by atoms with Gasteiger partial charge in [0, 0.05) is 11.8 Å². The summed E-state index contributed by atoms with van der Waals surface area (Å²) in [6, 6.07) is 3.44. The van der Waals surface area contributed by atoms with Crippen molar-refractivity contribution in [3.05, 3.63) is 33.3 Å². The van der Waals surface area contributed by atoms with Crippen LogP contribution in [0.3, 0.4) is 0 Å². The van der Waals surface area contributed by atoms with Crippen LogP contribution in [0, 0.1) is 10.1 Å². The highest BCUT2D eigenvalue weighted by molar-refractivity contribution is 6.32. The molecule has 0 saturated heterocycles. The highest BCUT2D eigenvalue weighted by Crippen LogP contribution is 2.27. The van der Waals surface area contributed by atoms with Crippen LogP contribution < -0.4 is 11.1 Å². The van der Waals surface area contributed by atoms with Gasteiger partial charge in [-0.05, 0) is 18.6 Å². The zero-order valence-electron chi connectivity index (χ0n) is 9.85. The number of anilines is 1. The molecular weight excluding hydrogens is 258 g/mol. The molecule has 1 aromatic rings. The fourth-order valence-electron chi connectivity index (χ4n) is 1.41. The van der Waals surface area contributed by atoms with E-state index < -0.39 is 11.0 Å². The number of nitrogens with one attached hydrogen (secondary N) is 1. The van der Waals surface area contributed by atoms with Gasteiger partial charge < -0.3 is 11.1 Å². The number of nitro benzene ring substituents is 1. The van der Waals surface area contributed by atoms with E-state index in [1.807, 2.05) is 6.92 Å². The van der Waals surface area contributed by atoms with Crippen LogP contribution in [0.2, 0.25) is 5.02 Å². The van der Waals surface area contributed by atoms with E-state index in [9.17, 15) is 14.9 Å². The van der Waals surface area contributed by atoms with Crippen molar-refractivity contribution in [3.8, 4) is 0 Å². The van der Waals surface area contributed by atoms with E-state index in [1.54, 1.807) is 0 Å². The predicted molar refractivity (Wildman–Crippen MR) is 69.6 cm³/mol. The monoisotopic (exact) mass is 271 g/mol. The van der Waals surface area contributed by atoms with Gasteiger partial charge in [0.1, 0.15) is 5.02 Å². The maximum absolute atomic E-state index is 11.6. The molecule has 0 spiro atoms. The van der Waals surface area contributed by atoms with Gasteiger partial charge in [0.25, 0.3) is 5.69 Å². The van der Waals surface area contributed by atoms with E-state index in [0.717, 1.165) is 6.42 Å². The Labute approximate surface area is 109 Å². The van der Waals surface area contributed by atoms with Crippen LogP contribution in [0.15, 0.2) is 18.2 Å². The van der Waals surface area contributed by atoms with E-state index in [2.05, 4.69) is 5.32 Å². The Bertz CT molecular complexity index is 465. The Morgan fingerprint density at radius 3 is 2.83 bits per heavy atom. The third kappa shape index (κ3) is 3.68. The molecule has 0 fully saturated rings. The molecule has 0 aliphatic carbocycles. The maximum Gasteiger partial charge on any atom is 0.289 e. The molecular formula is C11H14ClN3O3. The van der Waals surface area contributed by atoms with Crippen molar-refractivity contribution < 1.29 is 9.72 Å². The van der Waals surface area contributed by atoms with E-state index >= 15 is 0 Å². The number of amides is 1. The zero-order chi connectivity index (χ0) is 13.7. The van der Waals surface area contributed by atoms with Gasteiger partial charge in [-0.1, -0.05) is 24.9 Å². The topological polar surface area (TPSA) is 98.3 Å². The number of rotatable bonds is 5.